The highest BCUT2D eigenvalue weighted by molar-refractivity contribution is 6.92. The summed E-state index contributed by atoms with van der Waals surface area (Å²) < 4.78 is 0.671. The lowest BCUT2D eigenvalue weighted by Gasteiger charge is -2.43. The minimum absolute atomic E-state index is 0.596. The predicted molar refractivity (Wildman–Crippen MR) is 68.9 cm³/mol. The summed E-state index contributed by atoms with van der Waals surface area (Å²) in [6, 6.07) is 1.43. The molecule has 0 aliphatic heterocycles. The number of nitrogens with one attached hydrogen (secondary N) is 1. The van der Waals surface area contributed by atoms with Gasteiger partial charge in [-0.1, -0.05) is 46.5 Å². The zero-order chi connectivity index (χ0) is 10.7. The molecule has 0 saturated heterocycles. The summed E-state index contributed by atoms with van der Waals surface area (Å²) in [5, 5.41) is 3.38. The van der Waals surface area contributed by atoms with Crippen molar-refractivity contribution in [3.8, 4) is 0 Å². The van der Waals surface area contributed by atoms with Crippen LogP contribution in [0.3, 0.4) is 0 Å². The van der Waals surface area contributed by atoms with Gasteiger partial charge in [0.25, 0.3) is 0 Å². The van der Waals surface area contributed by atoms with E-state index in [1.54, 1.807) is 0 Å². The molecule has 1 N–H and O–H groups in total. The Hall–Kier alpha value is 0.394. The van der Waals surface area contributed by atoms with E-state index in [2.05, 4.69) is 52.8 Å². The molecule has 0 rings (SSSR count). The first-order valence-electron chi connectivity index (χ1n) is 5.42. The lowest BCUT2D eigenvalue weighted by atomic mass is 10.5. The summed E-state index contributed by atoms with van der Waals surface area (Å²) in [5.74, 6) is 0. The average molecular weight is 218 g/mol. The molecule has 80 valence electrons. The summed E-state index contributed by atoms with van der Waals surface area (Å²) in [7, 11) is 0.512. The first kappa shape index (κ1) is 13.4. The van der Waals surface area contributed by atoms with Crippen LogP contribution in [0.4, 0.5) is 0 Å². The molecule has 0 heterocycles. The number of hydrogen-bond acceptors (Lipinski definition) is 1. The molecule has 1 atom stereocenters. The van der Waals surface area contributed by atoms with Crippen molar-refractivity contribution in [3.05, 3.63) is 0 Å². The van der Waals surface area contributed by atoms with E-state index in [0.717, 1.165) is 0 Å². The monoisotopic (exact) mass is 217 g/mol. The van der Waals surface area contributed by atoms with Gasteiger partial charge < -0.3 is 5.32 Å². The molecule has 0 radical (unpaired) electrons. The van der Waals surface area contributed by atoms with E-state index in [0.29, 0.717) is 4.66 Å². The Balaban J connectivity index is 4.56. The lowest BCUT2D eigenvalue weighted by molar-refractivity contribution is 0.830. The van der Waals surface area contributed by atoms with Gasteiger partial charge in [-0.25, -0.2) is 0 Å². The van der Waals surface area contributed by atoms with E-state index in [1.165, 1.54) is 12.2 Å². The molecule has 0 aromatic heterocycles. The molecule has 0 aromatic carbocycles. The topological polar surface area (TPSA) is 12.0 Å². The molecule has 0 fully saturated rings. The van der Waals surface area contributed by atoms with Crippen LogP contribution in [0.25, 0.3) is 0 Å². The summed E-state index contributed by atoms with van der Waals surface area (Å²) in [4.78, 5) is 0. The van der Waals surface area contributed by atoms with Crippen molar-refractivity contribution in [2.24, 2.45) is 0 Å². The molecular weight excluding hydrogens is 190 g/mol. The Labute approximate surface area is 86.9 Å². The van der Waals surface area contributed by atoms with Gasteiger partial charge >= 0.3 is 0 Å². The van der Waals surface area contributed by atoms with Gasteiger partial charge in [-0.15, -0.1) is 0 Å². The molecule has 3 heteroatoms. The Morgan fingerprint density at radius 2 is 1.69 bits per heavy atom. The molecule has 0 aliphatic rings. The van der Waals surface area contributed by atoms with E-state index in [4.69, 9.17) is 0 Å². The second-order valence-electron chi connectivity index (χ2n) is 5.63. The zero-order valence-electron chi connectivity index (χ0n) is 10.5. The largest absolute Gasteiger partial charge is 0.323 e. The van der Waals surface area contributed by atoms with Crippen molar-refractivity contribution in [2.45, 2.75) is 51.1 Å². The van der Waals surface area contributed by atoms with Crippen LogP contribution in [-0.2, 0) is 0 Å². The highest BCUT2D eigenvalue weighted by Gasteiger charge is 2.40. The second kappa shape index (κ2) is 4.76. The quantitative estimate of drug-likeness (QED) is 0.698. The van der Waals surface area contributed by atoms with Crippen LogP contribution in [0, 0.1) is 0 Å². The first-order valence-corrected chi connectivity index (χ1v) is 11.1. The van der Waals surface area contributed by atoms with Gasteiger partial charge in [0.15, 0.2) is 0 Å². The maximum Gasteiger partial charge on any atom is 0.0554 e. The normalized spacial score (nSPS) is 15.9. The average Bonchev–Trinajstić information content (AvgIpc) is 1.97. The Bertz CT molecular complexity index is 149. The number of hydrogen-bond donors (Lipinski definition) is 1. The highest BCUT2D eigenvalue weighted by Crippen LogP contribution is 2.40. The fraction of sp³-hybridized carbons (Fsp3) is 1.00. The van der Waals surface area contributed by atoms with Crippen LogP contribution in [0.15, 0.2) is 0 Å². The molecular formula is C10H27NSi2. The van der Waals surface area contributed by atoms with Gasteiger partial charge in [0, 0.05) is 8.07 Å². The minimum atomic E-state index is -0.984. The summed E-state index contributed by atoms with van der Waals surface area (Å²) >= 11 is 0. The van der Waals surface area contributed by atoms with Crippen LogP contribution < -0.4 is 5.32 Å². The molecule has 1 nitrogen and oxygen atoms in total. The standard InChI is InChI=1S/C10H27NSi2/c1-8-12(9-11-4)10(2,3)13(5,6)7/h11-12H,8-9H2,1-7H3. The smallest absolute Gasteiger partial charge is 0.0554 e. The van der Waals surface area contributed by atoms with Crippen molar-refractivity contribution in [1.82, 2.24) is 5.32 Å². The van der Waals surface area contributed by atoms with Crippen LogP contribution in [0.5, 0.6) is 0 Å². The molecule has 0 saturated carbocycles. The van der Waals surface area contributed by atoms with E-state index in [-0.39, 0.29) is 0 Å². The summed E-state index contributed by atoms with van der Waals surface area (Å²) in [6.07, 6.45) is 1.30. The van der Waals surface area contributed by atoms with E-state index in [1.807, 2.05) is 0 Å². The van der Waals surface area contributed by atoms with Gasteiger partial charge in [0.05, 0.1) is 8.80 Å². The van der Waals surface area contributed by atoms with E-state index in [9.17, 15) is 0 Å². The first-order chi connectivity index (χ1) is 5.77. The maximum atomic E-state index is 3.38. The van der Waals surface area contributed by atoms with Crippen molar-refractivity contribution in [3.63, 3.8) is 0 Å². The van der Waals surface area contributed by atoms with E-state index >= 15 is 0 Å². The fourth-order valence-electron chi connectivity index (χ4n) is 1.77. The predicted octanol–water partition coefficient (Wildman–Crippen LogP) is 2.65. The third kappa shape index (κ3) is 3.22. The third-order valence-corrected chi connectivity index (χ3v) is 15.5. The Morgan fingerprint density at radius 1 is 1.23 bits per heavy atom. The molecule has 0 aliphatic carbocycles. The zero-order valence-corrected chi connectivity index (χ0v) is 12.6. The molecule has 0 amide bonds. The van der Waals surface area contributed by atoms with Gasteiger partial charge in [-0.2, -0.15) is 0 Å². The van der Waals surface area contributed by atoms with Gasteiger partial charge in [0.1, 0.15) is 0 Å². The Morgan fingerprint density at radius 3 is 1.92 bits per heavy atom. The Kier molecular flexibility index (Phi) is 4.90. The second-order valence-corrected chi connectivity index (χ2v) is 16.1. The highest BCUT2D eigenvalue weighted by atomic mass is 28.4. The molecule has 0 aromatic rings. The van der Waals surface area contributed by atoms with Crippen LogP contribution in [0.2, 0.25) is 30.3 Å². The van der Waals surface area contributed by atoms with Crippen LogP contribution in [0.1, 0.15) is 20.8 Å². The van der Waals surface area contributed by atoms with E-state index < -0.39 is 16.9 Å². The molecule has 13 heavy (non-hydrogen) atoms. The van der Waals surface area contributed by atoms with Crippen molar-refractivity contribution >= 4 is 16.9 Å². The van der Waals surface area contributed by atoms with Gasteiger partial charge in [-0.3, -0.25) is 0 Å². The molecule has 0 spiro atoms. The fourth-order valence-corrected chi connectivity index (χ4v) is 9.90. The molecule has 1 unspecified atom stereocenters. The lowest BCUT2D eigenvalue weighted by Crippen LogP contribution is -2.49. The summed E-state index contributed by atoms with van der Waals surface area (Å²) in [6.45, 7) is 14.9. The SMILES string of the molecule is CC[SiH](CNC)C(C)(C)[Si](C)(C)C. The minimum Gasteiger partial charge on any atom is -0.323 e. The van der Waals surface area contributed by atoms with Crippen molar-refractivity contribution in [1.29, 1.82) is 0 Å². The third-order valence-electron chi connectivity index (χ3n) is 3.90. The van der Waals surface area contributed by atoms with Crippen LogP contribution in [-0.4, -0.2) is 30.1 Å². The van der Waals surface area contributed by atoms with Crippen LogP contribution >= 0.6 is 0 Å². The summed E-state index contributed by atoms with van der Waals surface area (Å²) in [5.41, 5.74) is 0. The van der Waals surface area contributed by atoms with Crippen molar-refractivity contribution in [2.75, 3.05) is 13.2 Å². The maximum absolute atomic E-state index is 3.38. The molecule has 0 bridgehead atoms. The van der Waals surface area contributed by atoms with Gasteiger partial charge in [-0.05, 0) is 17.9 Å². The number of rotatable bonds is 5. The van der Waals surface area contributed by atoms with Gasteiger partial charge in [0.2, 0.25) is 0 Å². The van der Waals surface area contributed by atoms with Crippen molar-refractivity contribution < 1.29 is 0 Å².